The summed E-state index contributed by atoms with van der Waals surface area (Å²) < 4.78 is 1.78. The zero-order valence-electron chi connectivity index (χ0n) is 10.9. The minimum absolute atomic E-state index is 0.155. The number of carbonyl (C=O) groups is 1. The average Bonchev–Trinajstić information content (AvgIpc) is 3.11. The molecule has 0 aliphatic rings. The van der Waals surface area contributed by atoms with Gasteiger partial charge in [0, 0.05) is 17.8 Å². The lowest BCUT2D eigenvalue weighted by atomic mass is 10.3. The topological polar surface area (TPSA) is 98.7 Å². The normalized spacial score (nSPS) is 10.5. The van der Waals surface area contributed by atoms with Crippen LogP contribution in [0.2, 0.25) is 0 Å². The van der Waals surface area contributed by atoms with E-state index in [1.54, 1.807) is 47.0 Å². The van der Waals surface area contributed by atoms with Crippen LogP contribution < -0.4 is 11.1 Å². The molecule has 0 aliphatic heterocycles. The van der Waals surface area contributed by atoms with Crippen LogP contribution in [0.25, 0.3) is 5.82 Å². The molecule has 7 nitrogen and oxygen atoms in total. The summed E-state index contributed by atoms with van der Waals surface area (Å²) in [5, 5.41) is 5.00. The maximum atomic E-state index is 11.9. The van der Waals surface area contributed by atoms with Crippen LogP contribution in [-0.2, 0) is 11.2 Å². The highest BCUT2D eigenvalue weighted by atomic mass is 32.1. The summed E-state index contributed by atoms with van der Waals surface area (Å²) in [4.78, 5) is 24.1. The van der Waals surface area contributed by atoms with Crippen LogP contribution in [0.4, 0.5) is 10.8 Å². The Morgan fingerprint density at radius 1 is 1.43 bits per heavy atom. The number of imidazole rings is 1. The van der Waals surface area contributed by atoms with E-state index in [0.717, 1.165) is 5.82 Å². The molecular weight excluding hydrogens is 288 g/mol. The number of thiazole rings is 1. The van der Waals surface area contributed by atoms with Crippen molar-refractivity contribution in [3.05, 3.63) is 48.1 Å². The van der Waals surface area contributed by atoms with E-state index in [4.69, 9.17) is 5.73 Å². The van der Waals surface area contributed by atoms with Gasteiger partial charge in [-0.05, 0) is 12.1 Å². The van der Waals surface area contributed by atoms with E-state index in [9.17, 15) is 4.79 Å². The first-order valence-electron chi connectivity index (χ1n) is 6.15. The van der Waals surface area contributed by atoms with Gasteiger partial charge in [-0.1, -0.05) is 0 Å². The van der Waals surface area contributed by atoms with Crippen molar-refractivity contribution < 1.29 is 4.79 Å². The summed E-state index contributed by atoms with van der Waals surface area (Å²) in [6.07, 6.45) is 6.93. The number of aromatic nitrogens is 4. The highest BCUT2D eigenvalue weighted by Gasteiger charge is 2.07. The molecule has 0 bridgehead atoms. The number of nitrogen functional groups attached to an aromatic ring is 1. The summed E-state index contributed by atoms with van der Waals surface area (Å²) in [5.74, 6) is 0.579. The summed E-state index contributed by atoms with van der Waals surface area (Å²) in [7, 11) is 0. The molecule has 3 N–H and O–H groups in total. The Balaban J connectivity index is 1.63. The van der Waals surface area contributed by atoms with Crippen LogP contribution >= 0.6 is 11.3 Å². The molecule has 106 valence electrons. The third-order valence-corrected chi connectivity index (χ3v) is 3.43. The first-order chi connectivity index (χ1) is 10.2. The number of nitrogens with two attached hydrogens (primary N) is 1. The van der Waals surface area contributed by atoms with Crippen molar-refractivity contribution in [3.63, 3.8) is 0 Å². The van der Waals surface area contributed by atoms with Gasteiger partial charge in [-0.25, -0.2) is 15.0 Å². The van der Waals surface area contributed by atoms with Crippen molar-refractivity contribution in [1.29, 1.82) is 0 Å². The molecule has 0 aromatic carbocycles. The number of anilines is 2. The molecule has 3 aromatic rings. The van der Waals surface area contributed by atoms with E-state index in [2.05, 4.69) is 20.3 Å². The monoisotopic (exact) mass is 300 g/mol. The minimum atomic E-state index is -0.155. The molecule has 8 heteroatoms. The van der Waals surface area contributed by atoms with Crippen LogP contribution in [0.3, 0.4) is 0 Å². The molecule has 0 spiro atoms. The number of carbonyl (C=O) groups excluding carboxylic acids is 1. The fourth-order valence-corrected chi connectivity index (χ4v) is 2.34. The molecule has 0 radical (unpaired) electrons. The lowest BCUT2D eigenvalue weighted by Gasteiger charge is -2.05. The highest BCUT2D eigenvalue weighted by Crippen LogP contribution is 2.13. The Bertz CT molecular complexity index is 734. The number of nitrogens with one attached hydrogen (secondary N) is 1. The van der Waals surface area contributed by atoms with Gasteiger partial charge in [-0.3, -0.25) is 9.36 Å². The van der Waals surface area contributed by atoms with Crippen LogP contribution in [0.15, 0.2) is 42.4 Å². The fourth-order valence-electron chi connectivity index (χ4n) is 1.78. The van der Waals surface area contributed by atoms with Crippen molar-refractivity contribution in [2.45, 2.75) is 6.42 Å². The molecular formula is C13H12N6OS. The molecule has 0 unspecified atom stereocenters. The Morgan fingerprint density at radius 2 is 2.33 bits per heavy atom. The molecule has 3 aromatic heterocycles. The van der Waals surface area contributed by atoms with Gasteiger partial charge in [0.05, 0.1) is 24.0 Å². The van der Waals surface area contributed by atoms with E-state index in [0.29, 0.717) is 16.5 Å². The quantitative estimate of drug-likeness (QED) is 0.760. The van der Waals surface area contributed by atoms with Crippen LogP contribution in [0.1, 0.15) is 5.69 Å². The van der Waals surface area contributed by atoms with Crippen molar-refractivity contribution in [3.8, 4) is 5.82 Å². The lowest BCUT2D eigenvalue weighted by molar-refractivity contribution is -0.115. The fraction of sp³-hybridized carbons (Fsp3) is 0.0769. The van der Waals surface area contributed by atoms with Gasteiger partial charge in [-0.2, -0.15) is 0 Å². The Kier molecular flexibility index (Phi) is 3.61. The van der Waals surface area contributed by atoms with Crippen molar-refractivity contribution in [2.24, 2.45) is 0 Å². The number of amides is 1. The van der Waals surface area contributed by atoms with Crippen LogP contribution in [0, 0.1) is 0 Å². The number of pyridine rings is 1. The second-order valence-corrected chi connectivity index (χ2v) is 5.17. The summed E-state index contributed by atoms with van der Waals surface area (Å²) in [6.45, 7) is 0. The number of hydrogen-bond donors (Lipinski definition) is 2. The van der Waals surface area contributed by atoms with Gasteiger partial charge < -0.3 is 11.1 Å². The molecule has 0 aliphatic carbocycles. The standard InChI is InChI=1S/C13H12N6OS/c14-13-18-10(7-21-13)5-12(20)17-9-1-2-11(16-6-9)19-4-3-15-8-19/h1-4,6-8H,5H2,(H2,14,18)(H,17,20). The van der Waals surface area contributed by atoms with Crippen molar-refractivity contribution >= 4 is 28.1 Å². The second kappa shape index (κ2) is 5.71. The third-order valence-electron chi connectivity index (χ3n) is 2.71. The first-order valence-corrected chi connectivity index (χ1v) is 7.03. The van der Waals surface area contributed by atoms with E-state index in [-0.39, 0.29) is 12.3 Å². The highest BCUT2D eigenvalue weighted by molar-refractivity contribution is 7.13. The average molecular weight is 300 g/mol. The van der Waals surface area contributed by atoms with Crippen molar-refractivity contribution in [1.82, 2.24) is 19.5 Å². The van der Waals surface area contributed by atoms with Crippen molar-refractivity contribution in [2.75, 3.05) is 11.1 Å². The summed E-state index contributed by atoms with van der Waals surface area (Å²) in [5.41, 5.74) is 6.82. The van der Waals surface area contributed by atoms with Gasteiger partial charge in [-0.15, -0.1) is 11.3 Å². The van der Waals surface area contributed by atoms with E-state index >= 15 is 0 Å². The summed E-state index contributed by atoms with van der Waals surface area (Å²) in [6, 6.07) is 3.59. The van der Waals surface area contributed by atoms with Gasteiger partial charge in [0.25, 0.3) is 0 Å². The van der Waals surface area contributed by atoms with Crippen LogP contribution in [0.5, 0.6) is 0 Å². The predicted octanol–water partition coefficient (Wildman–Crippen LogP) is 1.49. The maximum Gasteiger partial charge on any atom is 0.230 e. The lowest BCUT2D eigenvalue weighted by Crippen LogP contribution is -2.14. The number of hydrogen-bond acceptors (Lipinski definition) is 6. The number of rotatable bonds is 4. The van der Waals surface area contributed by atoms with Gasteiger partial charge in [0.2, 0.25) is 5.91 Å². The SMILES string of the molecule is Nc1nc(CC(=O)Nc2ccc(-n3ccnc3)nc2)cs1. The Labute approximate surface area is 124 Å². The third kappa shape index (κ3) is 3.23. The summed E-state index contributed by atoms with van der Waals surface area (Å²) >= 11 is 1.32. The predicted molar refractivity (Wildman–Crippen MR) is 80.2 cm³/mol. The molecule has 21 heavy (non-hydrogen) atoms. The zero-order valence-corrected chi connectivity index (χ0v) is 11.7. The van der Waals surface area contributed by atoms with E-state index < -0.39 is 0 Å². The minimum Gasteiger partial charge on any atom is -0.375 e. The maximum absolute atomic E-state index is 11.9. The molecule has 0 saturated heterocycles. The van der Waals surface area contributed by atoms with E-state index in [1.165, 1.54) is 11.3 Å². The second-order valence-electron chi connectivity index (χ2n) is 4.28. The Hall–Kier alpha value is -2.74. The zero-order chi connectivity index (χ0) is 14.7. The molecule has 3 rings (SSSR count). The van der Waals surface area contributed by atoms with Gasteiger partial charge >= 0.3 is 0 Å². The van der Waals surface area contributed by atoms with E-state index in [1.807, 2.05) is 0 Å². The molecule has 1 amide bonds. The molecule has 0 atom stereocenters. The first kappa shape index (κ1) is 13.3. The smallest absolute Gasteiger partial charge is 0.230 e. The molecule has 0 saturated carbocycles. The van der Waals surface area contributed by atoms with Gasteiger partial charge in [0.1, 0.15) is 12.1 Å². The molecule has 3 heterocycles. The largest absolute Gasteiger partial charge is 0.375 e. The Morgan fingerprint density at radius 3 is 2.95 bits per heavy atom. The number of nitrogens with zero attached hydrogens (tertiary/aromatic N) is 4. The van der Waals surface area contributed by atoms with Gasteiger partial charge in [0.15, 0.2) is 5.13 Å². The molecule has 0 fully saturated rings. The van der Waals surface area contributed by atoms with Crippen LogP contribution in [-0.4, -0.2) is 25.4 Å².